The van der Waals surface area contributed by atoms with E-state index in [4.69, 9.17) is 9.73 Å². The maximum atomic E-state index is 13.9. The SMILES string of the molecule is CCNc1ccc(C#N)cc1N=C1S/C(=C2/Sc3ccccc3N2C)C(=O)N1Cc1ccccc1OC. The third-order valence-corrected chi connectivity index (χ3v) is 8.46. The molecule has 7 nitrogen and oxygen atoms in total. The number of carbonyl (C=O) groups excluding carboxylic acids is 1. The molecule has 1 amide bonds. The molecule has 0 atom stereocenters. The smallest absolute Gasteiger partial charge is 0.269 e. The number of amidine groups is 1. The number of carbonyl (C=O) groups is 1. The van der Waals surface area contributed by atoms with Gasteiger partial charge in [0, 0.05) is 24.1 Å². The van der Waals surface area contributed by atoms with Crippen molar-refractivity contribution in [3.8, 4) is 11.8 Å². The molecule has 9 heteroatoms. The lowest BCUT2D eigenvalue weighted by Gasteiger charge is -2.18. The fourth-order valence-electron chi connectivity index (χ4n) is 4.20. The number of aliphatic imine (C=N–C) groups is 1. The number of fused-ring (bicyclic) bond motifs is 1. The Morgan fingerprint density at radius 3 is 2.62 bits per heavy atom. The van der Waals surface area contributed by atoms with Crippen LogP contribution in [0.25, 0.3) is 0 Å². The monoisotopic (exact) mass is 527 g/mol. The molecule has 3 aromatic rings. The quantitative estimate of drug-likeness (QED) is 0.384. The molecular formula is C28H25N5O2S2. The number of thioether (sulfide) groups is 2. The summed E-state index contributed by atoms with van der Waals surface area (Å²) in [5, 5.41) is 14.2. The van der Waals surface area contributed by atoms with E-state index in [-0.39, 0.29) is 5.91 Å². The Hall–Kier alpha value is -3.87. The zero-order valence-electron chi connectivity index (χ0n) is 20.7. The number of ether oxygens (including phenoxy) is 1. The highest BCUT2D eigenvalue weighted by Gasteiger charge is 2.39. The number of nitrogens with zero attached hydrogens (tertiary/aromatic N) is 4. The van der Waals surface area contributed by atoms with Gasteiger partial charge in [-0.15, -0.1) is 0 Å². The molecule has 37 heavy (non-hydrogen) atoms. The first-order chi connectivity index (χ1) is 18.0. The van der Waals surface area contributed by atoms with Crippen molar-refractivity contribution in [2.24, 2.45) is 4.99 Å². The second-order valence-corrected chi connectivity index (χ2v) is 10.3. The molecule has 0 aliphatic carbocycles. The Labute approximate surface area is 224 Å². The first-order valence-corrected chi connectivity index (χ1v) is 13.4. The largest absolute Gasteiger partial charge is 0.496 e. The highest BCUT2D eigenvalue weighted by molar-refractivity contribution is 8.19. The van der Waals surface area contributed by atoms with Crippen molar-refractivity contribution >= 4 is 51.7 Å². The molecule has 0 unspecified atom stereocenters. The number of nitriles is 1. The Morgan fingerprint density at radius 2 is 1.86 bits per heavy atom. The third-order valence-electron chi connectivity index (χ3n) is 6.03. The lowest BCUT2D eigenvalue weighted by Crippen LogP contribution is -2.29. The van der Waals surface area contributed by atoms with Gasteiger partial charge in [-0.1, -0.05) is 42.1 Å². The van der Waals surface area contributed by atoms with E-state index in [0.29, 0.717) is 40.2 Å². The first kappa shape index (κ1) is 24.8. The van der Waals surface area contributed by atoms with E-state index in [1.54, 1.807) is 35.9 Å². The van der Waals surface area contributed by atoms with Gasteiger partial charge in [0.2, 0.25) is 0 Å². The molecule has 5 rings (SSSR count). The van der Waals surface area contributed by atoms with Crippen LogP contribution in [0.15, 0.2) is 86.6 Å². The van der Waals surface area contributed by atoms with Crippen LogP contribution in [-0.2, 0) is 11.3 Å². The van der Waals surface area contributed by atoms with E-state index in [1.807, 2.05) is 56.4 Å². The minimum Gasteiger partial charge on any atom is -0.496 e. The lowest BCUT2D eigenvalue weighted by atomic mass is 10.2. The summed E-state index contributed by atoms with van der Waals surface area (Å²) in [6.07, 6.45) is 0. The van der Waals surface area contributed by atoms with Crippen LogP contribution >= 0.6 is 23.5 Å². The van der Waals surface area contributed by atoms with Crippen molar-refractivity contribution in [1.82, 2.24) is 4.90 Å². The van der Waals surface area contributed by atoms with Gasteiger partial charge < -0.3 is 15.0 Å². The number of benzene rings is 3. The zero-order valence-corrected chi connectivity index (χ0v) is 22.3. The van der Waals surface area contributed by atoms with Crippen molar-refractivity contribution < 1.29 is 9.53 Å². The number of anilines is 2. The highest BCUT2D eigenvalue weighted by Crippen LogP contribution is 2.50. The van der Waals surface area contributed by atoms with Gasteiger partial charge in [-0.3, -0.25) is 9.69 Å². The molecule has 0 bridgehead atoms. The number of methoxy groups -OCH3 is 1. The number of amides is 1. The van der Waals surface area contributed by atoms with Gasteiger partial charge in [0.15, 0.2) is 5.17 Å². The van der Waals surface area contributed by atoms with Gasteiger partial charge in [-0.2, -0.15) is 5.26 Å². The Balaban J connectivity index is 1.61. The molecule has 1 fully saturated rings. The second kappa shape index (κ2) is 10.6. The fraction of sp³-hybridized carbons (Fsp3) is 0.179. The molecule has 2 aliphatic heterocycles. The minimum atomic E-state index is -0.113. The summed E-state index contributed by atoms with van der Waals surface area (Å²) in [6, 6.07) is 23.3. The molecule has 1 saturated heterocycles. The van der Waals surface area contributed by atoms with Crippen molar-refractivity contribution in [1.29, 1.82) is 5.26 Å². The summed E-state index contributed by atoms with van der Waals surface area (Å²) in [5.41, 5.74) is 3.88. The van der Waals surface area contributed by atoms with Gasteiger partial charge in [-0.25, -0.2) is 4.99 Å². The predicted octanol–water partition coefficient (Wildman–Crippen LogP) is 6.17. The zero-order chi connectivity index (χ0) is 25.9. The molecule has 2 heterocycles. The van der Waals surface area contributed by atoms with Crippen molar-refractivity contribution in [3.05, 3.63) is 87.8 Å². The molecular weight excluding hydrogens is 502 g/mol. The summed E-state index contributed by atoms with van der Waals surface area (Å²) in [4.78, 5) is 24.4. The fourth-order valence-corrected chi connectivity index (χ4v) is 6.53. The number of nitrogens with one attached hydrogen (secondary N) is 1. The van der Waals surface area contributed by atoms with Crippen molar-refractivity contribution in [3.63, 3.8) is 0 Å². The number of hydrogen-bond donors (Lipinski definition) is 1. The Morgan fingerprint density at radius 1 is 1.08 bits per heavy atom. The van der Waals surface area contributed by atoms with Crippen LogP contribution in [0.1, 0.15) is 18.1 Å². The molecule has 2 aliphatic rings. The van der Waals surface area contributed by atoms with E-state index in [2.05, 4.69) is 28.4 Å². The van der Waals surface area contributed by atoms with Crippen LogP contribution in [0.4, 0.5) is 17.1 Å². The summed E-state index contributed by atoms with van der Waals surface area (Å²) in [6.45, 7) is 3.02. The first-order valence-electron chi connectivity index (χ1n) is 11.8. The van der Waals surface area contributed by atoms with E-state index >= 15 is 0 Å². The molecule has 1 N–H and O–H groups in total. The molecule has 3 aromatic carbocycles. The molecule has 186 valence electrons. The summed E-state index contributed by atoms with van der Waals surface area (Å²) >= 11 is 2.95. The maximum Gasteiger partial charge on any atom is 0.269 e. The van der Waals surface area contributed by atoms with Gasteiger partial charge in [-0.05, 0) is 55.1 Å². The van der Waals surface area contributed by atoms with Crippen LogP contribution in [0.2, 0.25) is 0 Å². The van der Waals surface area contributed by atoms with Gasteiger partial charge >= 0.3 is 0 Å². The lowest BCUT2D eigenvalue weighted by molar-refractivity contribution is -0.122. The summed E-state index contributed by atoms with van der Waals surface area (Å²) < 4.78 is 5.56. The van der Waals surface area contributed by atoms with Gasteiger partial charge in [0.25, 0.3) is 5.91 Å². The standard InChI is InChI=1S/C28H25N5O2S2/c1-4-30-20-14-13-18(16-29)15-21(20)31-28-33(17-19-9-5-7-11-23(19)35-3)26(34)25(37-28)27-32(2)22-10-6-8-12-24(22)36-27/h5-15,30H,4,17H2,1-3H3/b27-25+,31-28?. The molecule has 0 aromatic heterocycles. The Kier molecular flexibility index (Phi) is 7.12. The van der Waals surface area contributed by atoms with Gasteiger partial charge in [0.1, 0.15) is 10.7 Å². The van der Waals surface area contributed by atoms with Crippen LogP contribution in [0.3, 0.4) is 0 Å². The Bertz CT molecular complexity index is 1480. The molecule has 0 saturated carbocycles. The molecule has 0 spiro atoms. The average Bonchev–Trinajstić information content (AvgIpc) is 3.41. The topological polar surface area (TPSA) is 81.0 Å². The van der Waals surface area contributed by atoms with Gasteiger partial charge in [0.05, 0.1) is 47.4 Å². The van der Waals surface area contributed by atoms with E-state index in [0.717, 1.165) is 26.9 Å². The minimum absolute atomic E-state index is 0.113. The van der Waals surface area contributed by atoms with E-state index in [1.165, 1.54) is 11.8 Å². The van der Waals surface area contributed by atoms with Crippen LogP contribution in [0.5, 0.6) is 5.75 Å². The van der Waals surface area contributed by atoms with Crippen LogP contribution in [-0.4, -0.2) is 36.7 Å². The number of rotatable bonds is 6. The van der Waals surface area contributed by atoms with Crippen LogP contribution < -0.4 is 15.0 Å². The number of hydrogen-bond acceptors (Lipinski definition) is 8. The normalized spacial score (nSPS) is 17.8. The molecule has 0 radical (unpaired) electrons. The number of para-hydroxylation sites is 2. The average molecular weight is 528 g/mol. The highest BCUT2D eigenvalue weighted by atomic mass is 32.2. The summed E-state index contributed by atoms with van der Waals surface area (Å²) in [5.74, 6) is 0.596. The van der Waals surface area contributed by atoms with Crippen molar-refractivity contribution in [2.75, 3.05) is 30.9 Å². The van der Waals surface area contributed by atoms with Crippen LogP contribution in [0, 0.1) is 11.3 Å². The van der Waals surface area contributed by atoms with E-state index < -0.39 is 0 Å². The van der Waals surface area contributed by atoms with Crippen molar-refractivity contribution in [2.45, 2.75) is 18.4 Å². The predicted molar refractivity (Wildman–Crippen MR) is 151 cm³/mol. The summed E-state index contributed by atoms with van der Waals surface area (Å²) in [7, 11) is 3.60. The van der Waals surface area contributed by atoms with E-state index in [9.17, 15) is 10.1 Å². The third kappa shape index (κ3) is 4.78. The second-order valence-electron chi connectivity index (χ2n) is 8.34. The maximum absolute atomic E-state index is 13.9.